The minimum Gasteiger partial charge on any atom is -0.508 e. The van der Waals surface area contributed by atoms with E-state index < -0.39 is 0 Å². The molecule has 0 spiro atoms. The van der Waals surface area contributed by atoms with Crippen molar-refractivity contribution in [2.75, 3.05) is 13.1 Å². The van der Waals surface area contributed by atoms with Crippen LogP contribution >= 0.6 is 17.0 Å². The summed E-state index contributed by atoms with van der Waals surface area (Å²) in [6, 6.07) is 6.55. The summed E-state index contributed by atoms with van der Waals surface area (Å²) < 4.78 is 0. The first-order valence-electron chi connectivity index (χ1n) is 7.71. The van der Waals surface area contributed by atoms with Gasteiger partial charge in [-0.1, -0.05) is 32.9 Å². The van der Waals surface area contributed by atoms with Crippen molar-refractivity contribution >= 4 is 17.0 Å². The van der Waals surface area contributed by atoms with Crippen molar-refractivity contribution < 1.29 is 5.11 Å². The molecule has 0 fully saturated rings. The molecule has 0 unspecified atom stereocenters. The van der Waals surface area contributed by atoms with Crippen LogP contribution < -0.4 is 0 Å². The standard InChI is InChI=1S/C17H27NO.BrH/c1-4-9-18(10-5-2)16-12-15-14(11-13(16)3)7-6-8-17(15)19;/h6-8,13,16,19H,4-5,9-12H2,1-3H3;1H/t13-,16-;/m0./s1. The molecule has 0 bridgehead atoms. The van der Waals surface area contributed by atoms with E-state index in [0.29, 0.717) is 17.7 Å². The third kappa shape index (κ3) is 3.76. The predicted molar refractivity (Wildman–Crippen MR) is 90.9 cm³/mol. The fourth-order valence-corrected chi connectivity index (χ4v) is 3.45. The van der Waals surface area contributed by atoms with Crippen LogP contribution in [0.5, 0.6) is 5.75 Å². The van der Waals surface area contributed by atoms with Crippen molar-refractivity contribution in [3.63, 3.8) is 0 Å². The minimum atomic E-state index is 0. The van der Waals surface area contributed by atoms with E-state index in [1.54, 1.807) is 0 Å². The monoisotopic (exact) mass is 341 g/mol. The van der Waals surface area contributed by atoms with E-state index in [1.165, 1.54) is 37.1 Å². The van der Waals surface area contributed by atoms with Gasteiger partial charge < -0.3 is 5.11 Å². The number of hydrogen-bond acceptors (Lipinski definition) is 2. The van der Waals surface area contributed by atoms with Crippen LogP contribution in [0.25, 0.3) is 0 Å². The SMILES string of the molecule is Br.CCCN(CCC)[C@H]1Cc2c(O)cccc2C[C@@H]1C. The van der Waals surface area contributed by atoms with Gasteiger partial charge in [-0.2, -0.15) is 0 Å². The normalized spacial score (nSPS) is 21.4. The largest absolute Gasteiger partial charge is 0.508 e. The lowest BCUT2D eigenvalue weighted by atomic mass is 9.80. The number of phenols is 1. The van der Waals surface area contributed by atoms with Crippen LogP contribution in [-0.2, 0) is 12.8 Å². The Hall–Kier alpha value is -0.540. The van der Waals surface area contributed by atoms with Crippen LogP contribution in [0.1, 0.15) is 44.7 Å². The van der Waals surface area contributed by atoms with E-state index in [9.17, 15) is 5.11 Å². The van der Waals surface area contributed by atoms with Crippen LogP contribution in [0.2, 0.25) is 0 Å². The van der Waals surface area contributed by atoms with Gasteiger partial charge >= 0.3 is 0 Å². The maximum atomic E-state index is 10.1. The first-order chi connectivity index (χ1) is 9.17. The molecule has 0 saturated carbocycles. The molecule has 2 atom stereocenters. The molecule has 1 aromatic carbocycles. The first kappa shape index (κ1) is 17.5. The molecule has 0 heterocycles. The molecule has 0 aliphatic heterocycles. The van der Waals surface area contributed by atoms with Crippen LogP contribution in [-0.4, -0.2) is 29.1 Å². The Morgan fingerprint density at radius 1 is 1.15 bits per heavy atom. The Balaban J connectivity index is 0.00000200. The van der Waals surface area contributed by atoms with Crippen LogP contribution in [0.15, 0.2) is 18.2 Å². The van der Waals surface area contributed by atoms with Gasteiger partial charge in [0.15, 0.2) is 0 Å². The lowest BCUT2D eigenvalue weighted by Crippen LogP contribution is -2.45. The van der Waals surface area contributed by atoms with Gasteiger partial charge in [0.25, 0.3) is 0 Å². The molecule has 1 aromatic rings. The summed E-state index contributed by atoms with van der Waals surface area (Å²) in [5, 5.41) is 10.1. The summed E-state index contributed by atoms with van der Waals surface area (Å²) >= 11 is 0. The van der Waals surface area contributed by atoms with E-state index in [1.807, 2.05) is 12.1 Å². The second-order valence-corrected chi connectivity index (χ2v) is 5.90. The third-order valence-corrected chi connectivity index (χ3v) is 4.35. The fraction of sp³-hybridized carbons (Fsp3) is 0.647. The minimum absolute atomic E-state index is 0. The van der Waals surface area contributed by atoms with E-state index in [2.05, 4.69) is 31.7 Å². The number of hydrogen-bond donors (Lipinski definition) is 1. The van der Waals surface area contributed by atoms with Crippen molar-refractivity contribution in [3.05, 3.63) is 29.3 Å². The van der Waals surface area contributed by atoms with E-state index in [-0.39, 0.29) is 17.0 Å². The molecule has 2 rings (SSSR count). The van der Waals surface area contributed by atoms with Gasteiger partial charge in [-0.15, -0.1) is 17.0 Å². The predicted octanol–water partition coefficient (Wildman–Crippen LogP) is 4.20. The molecule has 1 aliphatic carbocycles. The topological polar surface area (TPSA) is 23.5 Å². The second kappa shape index (κ2) is 8.04. The lowest BCUT2D eigenvalue weighted by Gasteiger charge is -2.39. The number of halogens is 1. The van der Waals surface area contributed by atoms with Gasteiger partial charge in [0.1, 0.15) is 5.75 Å². The van der Waals surface area contributed by atoms with E-state index in [0.717, 1.165) is 12.8 Å². The molecule has 0 aromatic heterocycles. The zero-order chi connectivity index (χ0) is 13.8. The van der Waals surface area contributed by atoms with Crippen LogP contribution in [0.4, 0.5) is 0 Å². The summed E-state index contributed by atoms with van der Waals surface area (Å²) in [7, 11) is 0. The van der Waals surface area contributed by atoms with Gasteiger partial charge in [-0.25, -0.2) is 0 Å². The highest BCUT2D eigenvalue weighted by Crippen LogP contribution is 2.33. The zero-order valence-corrected chi connectivity index (χ0v) is 14.6. The summed E-state index contributed by atoms with van der Waals surface area (Å²) in [6.07, 6.45) is 4.51. The van der Waals surface area contributed by atoms with Gasteiger partial charge in [0.05, 0.1) is 0 Å². The molecule has 0 radical (unpaired) electrons. The summed E-state index contributed by atoms with van der Waals surface area (Å²) in [4.78, 5) is 2.63. The Bertz CT molecular complexity index is 415. The number of phenolic OH excluding ortho intramolecular Hbond substituents is 1. The highest BCUT2D eigenvalue weighted by Gasteiger charge is 2.30. The summed E-state index contributed by atoms with van der Waals surface area (Å²) in [5.74, 6) is 1.16. The number of rotatable bonds is 5. The lowest BCUT2D eigenvalue weighted by molar-refractivity contribution is 0.138. The number of benzene rings is 1. The van der Waals surface area contributed by atoms with Crippen molar-refractivity contribution in [1.29, 1.82) is 0 Å². The molecule has 0 saturated heterocycles. The van der Waals surface area contributed by atoms with Gasteiger partial charge in [-0.3, -0.25) is 4.90 Å². The smallest absolute Gasteiger partial charge is 0.119 e. The Morgan fingerprint density at radius 3 is 2.40 bits per heavy atom. The third-order valence-electron chi connectivity index (χ3n) is 4.35. The maximum Gasteiger partial charge on any atom is 0.119 e. The molecule has 1 aliphatic rings. The fourth-order valence-electron chi connectivity index (χ4n) is 3.45. The Labute approximate surface area is 134 Å². The van der Waals surface area contributed by atoms with Crippen molar-refractivity contribution in [3.8, 4) is 5.75 Å². The Kier molecular flexibility index (Phi) is 7.04. The first-order valence-corrected chi connectivity index (χ1v) is 7.71. The molecule has 2 nitrogen and oxygen atoms in total. The highest BCUT2D eigenvalue weighted by molar-refractivity contribution is 8.93. The Morgan fingerprint density at radius 2 is 1.80 bits per heavy atom. The molecule has 0 amide bonds. The van der Waals surface area contributed by atoms with Crippen LogP contribution in [0.3, 0.4) is 0 Å². The van der Waals surface area contributed by atoms with Crippen molar-refractivity contribution in [1.82, 2.24) is 4.90 Å². The average Bonchev–Trinajstić information content (AvgIpc) is 2.38. The van der Waals surface area contributed by atoms with Crippen molar-refractivity contribution in [2.24, 2.45) is 5.92 Å². The second-order valence-electron chi connectivity index (χ2n) is 5.90. The molecular formula is C17H28BrNO. The number of aromatic hydroxyl groups is 1. The van der Waals surface area contributed by atoms with Gasteiger partial charge in [0, 0.05) is 6.04 Å². The molecular weight excluding hydrogens is 314 g/mol. The molecule has 1 N–H and O–H groups in total. The zero-order valence-electron chi connectivity index (χ0n) is 12.9. The summed E-state index contributed by atoms with van der Waals surface area (Å²) in [6.45, 7) is 9.21. The van der Waals surface area contributed by atoms with E-state index in [4.69, 9.17) is 0 Å². The molecule has 3 heteroatoms. The maximum absolute atomic E-state index is 10.1. The van der Waals surface area contributed by atoms with E-state index >= 15 is 0 Å². The van der Waals surface area contributed by atoms with Gasteiger partial charge in [0.2, 0.25) is 0 Å². The van der Waals surface area contributed by atoms with Crippen molar-refractivity contribution in [2.45, 2.75) is 52.5 Å². The molecule has 20 heavy (non-hydrogen) atoms. The van der Waals surface area contributed by atoms with Crippen LogP contribution in [0, 0.1) is 5.92 Å². The summed E-state index contributed by atoms with van der Waals surface area (Å²) in [5.41, 5.74) is 2.53. The highest BCUT2D eigenvalue weighted by atomic mass is 79.9. The number of nitrogens with zero attached hydrogens (tertiary/aromatic N) is 1. The van der Waals surface area contributed by atoms with Gasteiger partial charge in [-0.05, 0) is 61.9 Å². The quantitative estimate of drug-likeness (QED) is 0.867. The molecule has 114 valence electrons. The average molecular weight is 342 g/mol. The number of fused-ring (bicyclic) bond motifs is 1.